The van der Waals surface area contributed by atoms with Crippen LogP contribution in [0.1, 0.15) is 57.8 Å². The largest absolute Gasteiger partial charge is 0.352 e. The molecule has 0 radical (unpaired) electrons. The Kier molecular flexibility index (Phi) is 4.77. The number of nitrogens with one attached hydrogen (secondary N) is 1. The van der Waals surface area contributed by atoms with Gasteiger partial charge in [-0.25, -0.2) is 0 Å². The summed E-state index contributed by atoms with van der Waals surface area (Å²) in [5.41, 5.74) is -0.340. The third-order valence-electron chi connectivity index (χ3n) is 5.24. The number of amides is 1. The summed E-state index contributed by atoms with van der Waals surface area (Å²) in [5, 5.41) is 11.5. The molecule has 0 aromatic heterocycles. The normalized spacial score (nSPS) is 29.4. The van der Waals surface area contributed by atoms with E-state index in [0.29, 0.717) is 31.3 Å². The van der Waals surface area contributed by atoms with Crippen LogP contribution in [-0.2, 0) is 4.79 Å². The molecule has 22 heavy (non-hydrogen) atoms. The molecule has 5 heteroatoms. The van der Waals surface area contributed by atoms with Crippen molar-refractivity contribution in [2.75, 3.05) is 13.1 Å². The van der Waals surface area contributed by atoms with Crippen LogP contribution in [0.15, 0.2) is 10.2 Å². The average molecular weight is 302 g/mol. The lowest BCUT2D eigenvalue weighted by Gasteiger charge is -2.44. The van der Waals surface area contributed by atoms with E-state index in [2.05, 4.69) is 26.4 Å². The number of hydrogen-bond acceptors (Lipinski definition) is 4. The molecule has 2 saturated heterocycles. The van der Waals surface area contributed by atoms with Crippen molar-refractivity contribution in [2.45, 2.75) is 75.5 Å². The first-order valence-electron chi connectivity index (χ1n) is 8.63. The van der Waals surface area contributed by atoms with E-state index in [0.717, 1.165) is 12.8 Å². The summed E-state index contributed by atoms with van der Waals surface area (Å²) in [7, 11) is 0. The molecule has 2 unspecified atom stereocenters. The van der Waals surface area contributed by atoms with Gasteiger partial charge in [-0.3, -0.25) is 9.69 Å². The smallest absolute Gasteiger partial charge is 0.220 e. The van der Waals surface area contributed by atoms with E-state index < -0.39 is 0 Å². The van der Waals surface area contributed by atoms with E-state index in [1.54, 1.807) is 0 Å². The van der Waals surface area contributed by atoms with Gasteiger partial charge in [-0.2, -0.15) is 10.2 Å². The Hall–Kier alpha value is -1.41. The van der Waals surface area contributed by atoms with Crippen LogP contribution in [0.2, 0.25) is 0 Å². The van der Waals surface area contributed by atoms with E-state index in [-0.39, 0.29) is 11.6 Å². The molecular formula is C17H26N4O. The molecule has 120 valence electrons. The van der Waals surface area contributed by atoms with Gasteiger partial charge in [0.1, 0.15) is 0 Å². The highest BCUT2D eigenvalue weighted by Gasteiger charge is 2.40. The first-order chi connectivity index (χ1) is 10.7. The molecule has 0 aliphatic carbocycles. The maximum atomic E-state index is 12.3. The molecule has 3 heterocycles. The first kappa shape index (κ1) is 15.5. The van der Waals surface area contributed by atoms with E-state index in [9.17, 15) is 4.79 Å². The highest BCUT2D eigenvalue weighted by Crippen LogP contribution is 2.37. The van der Waals surface area contributed by atoms with Crippen molar-refractivity contribution in [1.82, 2.24) is 10.2 Å². The molecule has 3 aliphatic heterocycles. The standard InChI is InChI=1S/C17H26N4O/c1-2-3-10-17(19-20-17)11-9-16(22)18-14-7-6-13-21-12-5-4-8-15(14)21/h1,14-15H,3-13H2,(H,18,22). The molecule has 0 saturated carbocycles. The van der Waals surface area contributed by atoms with Crippen LogP contribution in [0, 0.1) is 12.3 Å². The number of fused-ring (bicyclic) bond motifs is 1. The van der Waals surface area contributed by atoms with Crippen molar-refractivity contribution < 1.29 is 4.79 Å². The summed E-state index contributed by atoms with van der Waals surface area (Å²) in [5.74, 6) is 2.77. The minimum atomic E-state index is -0.340. The zero-order chi connectivity index (χ0) is 15.4. The molecule has 2 atom stereocenters. The molecule has 1 amide bonds. The topological polar surface area (TPSA) is 57.1 Å². The van der Waals surface area contributed by atoms with Gasteiger partial charge in [-0.15, -0.1) is 12.3 Å². The Morgan fingerprint density at radius 2 is 2.05 bits per heavy atom. The maximum absolute atomic E-state index is 12.3. The number of carbonyl (C=O) groups is 1. The Bertz CT molecular complexity index is 474. The van der Waals surface area contributed by atoms with Crippen LogP contribution in [-0.4, -0.2) is 41.6 Å². The third kappa shape index (κ3) is 3.67. The van der Waals surface area contributed by atoms with Gasteiger partial charge in [0.25, 0.3) is 0 Å². The molecule has 0 aromatic rings. The van der Waals surface area contributed by atoms with Crippen molar-refractivity contribution in [3.63, 3.8) is 0 Å². The highest BCUT2D eigenvalue weighted by molar-refractivity contribution is 5.76. The van der Waals surface area contributed by atoms with Crippen LogP contribution in [0.3, 0.4) is 0 Å². The number of rotatable bonds is 6. The summed E-state index contributed by atoms with van der Waals surface area (Å²) < 4.78 is 0. The van der Waals surface area contributed by atoms with Crippen LogP contribution in [0.25, 0.3) is 0 Å². The van der Waals surface area contributed by atoms with E-state index >= 15 is 0 Å². The zero-order valence-corrected chi connectivity index (χ0v) is 13.3. The monoisotopic (exact) mass is 302 g/mol. The van der Waals surface area contributed by atoms with Gasteiger partial charge in [-0.05, 0) is 38.8 Å². The number of piperidine rings is 2. The lowest BCUT2D eigenvalue weighted by Crippen LogP contribution is -2.56. The average Bonchev–Trinajstić information content (AvgIpc) is 3.32. The number of carbonyl (C=O) groups excluding carboxylic acids is 1. The van der Waals surface area contributed by atoms with Gasteiger partial charge < -0.3 is 5.32 Å². The second-order valence-corrected chi connectivity index (χ2v) is 6.80. The third-order valence-corrected chi connectivity index (χ3v) is 5.24. The van der Waals surface area contributed by atoms with E-state index in [1.165, 1.54) is 38.8 Å². The summed E-state index contributed by atoms with van der Waals surface area (Å²) in [6, 6.07) is 0.883. The first-order valence-corrected chi connectivity index (χ1v) is 8.63. The Labute approximate surface area is 132 Å². The van der Waals surface area contributed by atoms with Crippen molar-refractivity contribution >= 4 is 5.91 Å². The molecule has 1 N–H and O–H groups in total. The van der Waals surface area contributed by atoms with Crippen LogP contribution < -0.4 is 5.32 Å². The Morgan fingerprint density at radius 3 is 2.82 bits per heavy atom. The second kappa shape index (κ2) is 6.78. The molecule has 2 fully saturated rings. The molecule has 3 rings (SSSR count). The maximum Gasteiger partial charge on any atom is 0.220 e. The Morgan fingerprint density at radius 1 is 1.23 bits per heavy atom. The van der Waals surface area contributed by atoms with Gasteiger partial charge in [0, 0.05) is 37.8 Å². The fraction of sp³-hybridized carbons (Fsp3) is 0.824. The SMILES string of the molecule is C#CCCC1(CCC(=O)NC2CCCN3CCCCC23)N=N1. The van der Waals surface area contributed by atoms with Crippen molar-refractivity contribution in [2.24, 2.45) is 10.2 Å². The molecule has 0 bridgehead atoms. The van der Waals surface area contributed by atoms with Gasteiger partial charge in [0.05, 0.1) is 0 Å². The van der Waals surface area contributed by atoms with Crippen molar-refractivity contribution in [1.29, 1.82) is 0 Å². The van der Waals surface area contributed by atoms with Gasteiger partial charge in [0.15, 0.2) is 5.66 Å². The zero-order valence-electron chi connectivity index (χ0n) is 13.3. The van der Waals surface area contributed by atoms with Gasteiger partial charge in [0.2, 0.25) is 5.91 Å². The van der Waals surface area contributed by atoms with E-state index in [4.69, 9.17) is 6.42 Å². The number of terminal acetylenes is 1. The van der Waals surface area contributed by atoms with Crippen molar-refractivity contribution in [3.8, 4) is 12.3 Å². The number of nitrogens with zero attached hydrogens (tertiary/aromatic N) is 3. The van der Waals surface area contributed by atoms with Crippen molar-refractivity contribution in [3.05, 3.63) is 0 Å². The number of hydrogen-bond donors (Lipinski definition) is 1. The lowest BCUT2D eigenvalue weighted by molar-refractivity contribution is -0.123. The van der Waals surface area contributed by atoms with Crippen LogP contribution in [0.5, 0.6) is 0 Å². The van der Waals surface area contributed by atoms with Crippen LogP contribution in [0.4, 0.5) is 0 Å². The highest BCUT2D eigenvalue weighted by atomic mass is 16.1. The molecule has 0 aromatic carbocycles. The Balaban J connectivity index is 1.44. The summed E-state index contributed by atoms with van der Waals surface area (Å²) >= 11 is 0. The molecular weight excluding hydrogens is 276 g/mol. The fourth-order valence-electron chi connectivity index (χ4n) is 3.89. The molecule has 5 nitrogen and oxygen atoms in total. The molecule has 0 spiro atoms. The van der Waals surface area contributed by atoms with E-state index in [1.807, 2.05) is 0 Å². The minimum Gasteiger partial charge on any atom is -0.352 e. The second-order valence-electron chi connectivity index (χ2n) is 6.80. The fourth-order valence-corrected chi connectivity index (χ4v) is 3.89. The lowest BCUT2D eigenvalue weighted by atomic mass is 9.88. The quantitative estimate of drug-likeness (QED) is 0.766. The predicted octanol–water partition coefficient (Wildman–Crippen LogP) is 2.48. The van der Waals surface area contributed by atoms with Gasteiger partial charge >= 0.3 is 0 Å². The van der Waals surface area contributed by atoms with Gasteiger partial charge in [-0.1, -0.05) is 6.42 Å². The minimum absolute atomic E-state index is 0.148. The summed E-state index contributed by atoms with van der Waals surface area (Å²) in [4.78, 5) is 14.8. The summed E-state index contributed by atoms with van der Waals surface area (Å²) in [6.45, 7) is 2.40. The predicted molar refractivity (Wildman–Crippen MR) is 85.3 cm³/mol. The summed E-state index contributed by atoms with van der Waals surface area (Å²) in [6.07, 6.45) is 14.1. The van der Waals surface area contributed by atoms with Crippen LogP contribution >= 0.6 is 0 Å². The molecule has 3 aliphatic rings.